The average molecular weight is 678 g/mol. The number of unbranched alkanes of at least 4 members (excludes halogenated alkanes) is 22. The molecule has 0 spiro atoms. The lowest BCUT2D eigenvalue weighted by Crippen LogP contribution is -2.37. The van der Waals surface area contributed by atoms with Gasteiger partial charge in [0.1, 0.15) is 19.3 Å². The molecule has 46 heavy (non-hydrogen) atoms. The fourth-order valence-corrected chi connectivity index (χ4v) is 6.10. The van der Waals surface area contributed by atoms with Gasteiger partial charge >= 0.3 is 5.97 Å². The molecule has 0 radical (unpaired) electrons. The second kappa shape index (κ2) is 31.7. The largest absolute Gasteiger partial charge is 0.756 e. The summed E-state index contributed by atoms with van der Waals surface area (Å²) in [7, 11) is 1.37. The van der Waals surface area contributed by atoms with Crippen molar-refractivity contribution in [1.82, 2.24) is 0 Å². The normalized spacial score (nSPS) is 14.0. The van der Waals surface area contributed by atoms with Gasteiger partial charge in [-0.2, -0.15) is 0 Å². The number of esters is 1. The number of carbonyl (C=O) groups excluding carboxylic acids is 1. The van der Waals surface area contributed by atoms with E-state index in [2.05, 4.69) is 13.8 Å². The van der Waals surface area contributed by atoms with E-state index in [1.165, 1.54) is 109 Å². The Morgan fingerprint density at radius 3 is 1.43 bits per heavy atom. The first kappa shape index (κ1) is 45.5. The van der Waals surface area contributed by atoms with Crippen LogP contribution in [-0.2, 0) is 27.9 Å². The number of phosphoric ester groups is 1. The zero-order valence-electron chi connectivity index (χ0n) is 31.0. The maximum Gasteiger partial charge on any atom is 0.306 e. The van der Waals surface area contributed by atoms with Crippen LogP contribution >= 0.6 is 7.82 Å². The van der Waals surface area contributed by atoms with Crippen LogP contribution in [0.15, 0.2) is 0 Å². The molecule has 0 saturated heterocycles. The lowest BCUT2D eigenvalue weighted by atomic mass is 10.0. The van der Waals surface area contributed by atoms with E-state index in [1.807, 2.05) is 21.1 Å². The Bertz CT molecular complexity index is 716. The van der Waals surface area contributed by atoms with Crippen molar-refractivity contribution in [2.75, 3.05) is 54.1 Å². The summed E-state index contributed by atoms with van der Waals surface area (Å²) in [5.41, 5.74) is 0. The van der Waals surface area contributed by atoms with Crippen LogP contribution in [-0.4, -0.2) is 70.7 Å². The van der Waals surface area contributed by atoms with Crippen LogP contribution < -0.4 is 4.89 Å². The van der Waals surface area contributed by atoms with Crippen LogP contribution in [0.5, 0.6) is 0 Å². The van der Waals surface area contributed by atoms with Crippen LogP contribution in [0.4, 0.5) is 0 Å². The van der Waals surface area contributed by atoms with Crippen molar-refractivity contribution in [3.8, 4) is 0 Å². The zero-order valence-corrected chi connectivity index (χ0v) is 31.9. The van der Waals surface area contributed by atoms with Crippen LogP contribution in [0.2, 0.25) is 0 Å². The van der Waals surface area contributed by atoms with Crippen LogP contribution in [0.25, 0.3) is 0 Å². The molecule has 2 atom stereocenters. The molecule has 2 unspecified atom stereocenters. The molecule has 0 aromatic carbocycles. The second-order valence-corrected chi connectivity index (χ2v) is 15.7. The van der Waals surface area contributed by atoms with E-state index in [0.717, 1.165) is 44.9 Å². The van der Waals surface area contributed by atoms with Crippen molar-refractivity contribution in [1.29, 1.82) is 0 Å². The van der Waals surface area contributed by atoms with E-state index < -0.39 is 13.9 Å². The minimum Gasteiger partial charge on any atom is -0.756 e. The van der Waals surface area contributed by atoms with Gasteiger partial charge in [0, 0.05) is 13.0 Å². The van der Waals surface area contributed by atoms with E-state index in [0.29, 0.717) is 24.1 Å². The first-order valence-corrected chi connectivity index (χ1v) is 20.7. The number of rotatable bonds is 36. The molecule has 0 heterocycles. The number of nitrogens with zero attached hydrogens (tertiary/aromatic N) is 1. The van der Waals surface area contributed by atoms with Crippen LogP contribution in [0, 0.1) is 0 Å². The highest BCUT2D eigenvalue weighted by atomic mass is 31.2. The van der Waals surface area contributed by atoms with E-state index in [9.17, 15) is 14.3 Å². The molecule has 0 amide bonds. The van der Waals surface area contributed by atoms with E-state index in [1.54, 1.807) is 0 Å². The van der Waals surface area contributed by atoms with Crippen molar-refractivity contribution < 1.29 is 37.3 Å². The summed E-state index contributed by atoms with van der Waals surface area (Å²) in [6, 6.07) is 0. The number of hydrogen-bond donors (Lipinski definition) is 0. The maximum atomic E-state index is 12.4. The molecule has 0 bridgehead atoms. The SMILES string of the molecule is CCCCCCCCCCCCCCCCCCCCCOCC(COP(=O)([O-])OCC[N+](C)(C)C)OC(=O)CCCCCCC. The summed E-state index contributed by atoms with van der Waals surface area (Å²) in [6.45, 7) is 5.35. The van der Waals surface area contributed by atoms with Gasteiger partial charge in [-0.05, 0) is 12.8 Å². The molecule has 0 saturated carbocycles. The van der Waals surface area contributed by atoms with Gasteiger partial charge < -0.3 is 27.9 Å². The van der Waals surface area contributed by atoms with Gasteiger partial charge in [-0.25, -0.2) is 0 Å². The molecular weight excluding hydrogens is 601 g/mol. The smallest absolute Gasteiger partial charge is 0.306 e. The summed E-state index contributed by atoms with van der Waals surface area (Å²) in [5.74, 6) is -0.344. The molecule has 0 fully saturated rings. The lowest BCUT2D eigenvalue weighted by molar-refractivity contribution is -0.870. The summed E-state index contributed by atoms with van der Waals surface area (Å²) < 4.78 is 34.2. The molecule has 0 aliphatic heterocycles. The number of quaternary nitrogens is 1. The van der Waals surface area contributed by atoms with E-state index in [-0.39, 0.29) is 25.8 Å². The highest BCUT2D eigenvalue weighted by molar-refractivity contribution is 7.45. The van der Waals surface area contributed by atoms with Gasteiger partial charge in [-0.1, -0.05) is 155 Å². The van der Waals surface area contributed by atoms with E-state index in [4.69, 9.17) is 18.5 Å². The third kappa shape index (κ3) is 34.8. The number of phosphoric acid groups is 1. The monoisotopic (exact) mass is 678 g/mol. The molecule has 0 N–H and O–H groups in total. The number of hydrogen-bond acceptors (Lipinski definition) is 7. The number of carbonyl (C=O) groups is 1. The quantitative estimate of drug-likeness (QED) is 0.0282. The molecule has 276 valence electrons. The molecule has 8 nitrogen and oxygen atoms in total. The Labute approximate surface area is 285 Å². The predicted octanol–water partition coefficient (Wildman–Crippen LogP) is 9.91. The maximum absolute atomic E-state index is 12.4. The van der Waals surface area contributed by atoms with Crippen molar-refractivity contribution >= 4 is 13.8 Å². The highest BCUT2D eigenvalue weighted by Gasteiger charge is 2.20. The molecular formula is C37H76NO7P. The van der Waals surface area contributed by atoms with Crippen LogP contribution in [0.1, 0.15) is 174 Å². The minimum atomic E-state index is -4.50. The number of likely N-dealkylation sites (N-methyl/N-ethyl adjacent to an activating group) is 1. The Morgan fingerprint density at radius 2 is 1.00 bits per heavy atom. The first-order valence-electron chi connectivity index (χ1n) is 19.3. The molecule has 0 aliphatic rings. The van der Waals surface area contributed by atoms with Gasteiger partial charge in [-0.15, -0.1) is 0 Å². The van der Waals surface area contributed by atoms with E-state index >= 15 is 0 Å². The van der Waals surface area contributed by atoms with Crippen molar-refractivity contribution in [3.63, 3.8) is 0 Å². The number of ether oxygens (including phenoxy) is 2. The third-order valence-electron chi connectivity index (χ3n) is 8.41. The predicted molar refractivity (Wildman–Crippen MR) is 190 cm³/mol. The third-order valence-corrected chi connectivity index (χ3v) is 9.37. The van der Waals surface area contributed by atoms with Gasteiger partial charge in [0.2, 0.25) is 0 Å². The summed E-state index contributed by atoms with van der Waals surface area (Å²) >= 11 is 0. The standard InChI is InChI=1S/C37H76NO7P/c1-6-8-10-12-13-14-15-16-17-18-19-20-21-22-23-24-25-27-29-32-42-34-36(45-37(39)30-28-26-11-9-7-2)35-44-46(40,41)43-33-31-38(3,4)5/h36H,6-35H2,1-5H3. The lowest BCUT2D eigenvalue weighted by Gasteiger charge is -2.28. The Balaban J connectivity index is 4.00. The fraction of sp³-hybridized carbons (Fsp3) is 0.973. The molecule has 0 rings (SSSR count). The zero-order chi connectivity index (χ0) is 34.2. The summed E-state index contributed by atoms with van der Waals surface area (Å²) in [6.07, 6.45) is 30.1. The van der Waals surface area contributed by atoms with Gasteiger partial charge in [-0.3, -0.25) is 9.36 Å². The first-order chi connectivity index (χ1) is 22.1. The highest BCUT2D eigenvalue weighted by Crippen LogP contribution is 2.38. The topological polar surface area (TPSA) is 94.1 Å². The summed E-state index contributed by atoms with van der Waals surface area (Å²) in [5, 5.41) is 0. The van der Waals surface area contributed by atoms with Crippen LogP contribution in [0.3, 0.4) is 0 Å². The summed E-state index contributed by atoms with van der Waals surface area (Å²) in [4.78, 5) is 24.6. The van der Waals surface area contributed by atoms with Crippen molar-refractivity contribution in [3.05, 3.63) is 0 Å². The fourth-order valence-electron chi connectivity index (χ4n) is 5.37. The average Bonchev–Trinajstić information content (AvgIpc) is 2.99. The van der Waals surface area contributed by atoms with Gasteiger partial charge in [0.25, 0.3) is 7.82 Å². The Kier molecular flexibility index (Phi) is 31.4. The molecule has 9 heteroatoms. The minimum absolute atomic E-state index is 0.0302. The molecule has 0 aliphatic carbocycles. The second-order valence-electron chi connectivity index (χ2n) is 14.3. The van der Waals surface area contributed by atoms with Crippen molar-refractivity contribution in [2.24, 2.45) is 0 Å². The van der Waals surface area contributed by atoms with Gasteiger partial charge in [0.15, 0.2) is 0 Å². The Morgan fingerprint density at radius 1 is 0.587 bits per heavy atom. The Hall–Kier alpha value is -0.500. The van der Waals surface area contributed by atoms with Crippen molar-refractivity contribution in [2.45, 2.75) is 180 Å². The molecule has 0 aromatic rings. The van der Waals surface area contributed by atoms with Gasteiger partial charge in [0.05, 0.1) is 34.4 Å². The molecule has 0 aromatic heterocycles.